The number of rotatable bonds is 5. The fraction of sp³-hybridized carbons (Fsp3) is 0.409. The molecule has 1 aliphatic carbocycles. The van der Waals surface area contributed by atoms with Gasteiger partial charge >= 0.3 is 0 Å². The molecule has 0 saturated heterocycles. The van der Waals surface area contributed by atoms with Gasteiger partial charge in [0.2, 0.25) is 0 Å². The lowest BCUT2D eigenvalue weighted by molar-refractivity contribution is -0.124. The summed E-state index contributed by atoms with van der Waals surface area (Å²) in [6, 6.07) is 18.2. The van der Waals surface area contributed by atoms with Crippen molar-refractivity contribution in [2.24, 2.45) is 11.8 Å². The molecule has 1 saturated carbocycles. The molecule has 3 nitrogen and oxygen atoms in total. The third-order valence-electron chi connectivity index (χ3n) is 5.38. The number of para-hydroxylation sites is 1. The molecule has 2 aromatic carbocycles. The summed E-state index contributed by atoms with van der Waals surface area (Å²) < 4.78 is 5.84. The average Bonchev–Trinajstić information content (AvgIpc) is 2.65. The van der Waals surface area contributed by atoms with Gasteiger partial charge in [0, 0.05) is 11.6 Å². The molecule has 1 aliphatic rings. The molecule has 3 atom stereocenters. The van der Waals surface area contributed by atoms with Gasteiger partial charge in [0.15, 0.2) is 6.61 Å². The number of hydrogen-bond donors (Lipinski definition) is 1. The summed E-state index contributed by atoms with van der Waals surface area (Å²) in [6.07, 6.45) is 3.51. The van der Waals surface area contributed by atoms with Crippen molar-refractivity contribution in [1.82, 2.24) is 5.32 Å². The highest BCUT2D eigenvalue weighted by molar-refractivity contribution is 5.78. The third kappa shape index (κ3) is 4.41. The minimum Gasteiger partial charge on any atom is -0.483 e. The summed E-state index contributed by atoms with van der Waals surface area (Å²) in [5.74, 6) is 1.90. The molecule has 0 heterocycles. The van der Waals surface area contributed by atoms with Crippen LogP contribution in [-0.2, 0) is 4.79 Å². The summed E-state index contributed by atoms with van der Waals surface area (Å²) in [6.45, 7) is 4.57. The summed E-state index contributed by atoms with van der Waals surface area (Å²) in [5, 5.41) is 3.16. The van der Waals surface area contributed by atoms with E-state index in [-0.39, 0.29) is 18.6 Å². The minimum atomic E-state index is -0.0335. The first-order valence-electron chi connectivity index (χ1n) is 9.22. The Morgan fingerprint density at radius 3 is 2.56 bits per heavy atom. The van der Waals surface area contributed by atoms with Gasteiger partial charge in [-0.25, -0.2) is 0 Å². The lowest BCUT2D eigenvalue weighted by Crippen LogP contribution is -2.45. The van der Waals surface area contributed by atoms with Crippen LogP contribution in [0.1, 0.15) is 33.1 Å². The van der Waals surface area contributed by atoms with Crippen molar-refractivity contribution in [3.05, 3.63) is 54.6 Å². The molecule has 0 radical (unpaired) electrons. The molecule has 0 aromatic heterocycles. The second-order valence-corrected chi connectivity index (χ2v) is 7.09. The van der Waals surface area contributed by atoms with Gasteiger partial charge < -0.3 is 10.1 Å². The van der Waals surface area contributed by atoms with E-state index in [2.05, 4.69) is 19.2 Å². The number of hydrogen-bond acceptors (Lipinski definition) is 2. The number of nitrogens with one attached hydrogen (secondary N) is 1. The van der Waals surface area contributed by atoms with Crippen LogP contribution in [0.2, 0.25) is 0 Å². The zero-order chi connectivity index (χ0) is 17.6. The summed E-state index contributed by atoms with van der Waals surface area (Å²) in [5.41, 5.74) is 2.10. The van der Waals surface area contributed by atoms with E-state index in [1.54, 1.807) is 0 Å². The van der Waals surface area contributed by atoms with Crippen LogP contribution in [0.5, 0.6) is 5.75 Å². The third-order valence-corrected chi connectivity index (χ3v) is 5.38. The molecule has 2 aromatic rings. The van der Waals surface area contributed by atoms with Crippen molar-refractivity contribution in [2.75, 3.05) is 6.61 Å². The highest BCUT2D eigenvalue weighted by Gasteiger charge is 2.28. The lowest BCUT2D eigenvalue weighted by atomic mass is 9.78. The Balaban J connectivity index is 1.61. The molecule has 1 fully saturated rings. The van der Waals surface area contributed by atoms with Gasteiger partial charge in [0.1, 0.15) is 5.75 Å². The van der Waals surface area contributed by atoms with E-state index >= 15 is 0 Å². The van der Waals surface area contributed by atoms with Crippen molar-refractivity contribution in [1.29, 1.82) is 0 Å². The smallest absolute Gasteiger partial charge is 0.258 e. The van der Waals surface area contributed by atoms with E-state index in [1.165, 1.54) is 12.8 Å². The number of amides is 1. The quantitative estimate of drug-likeness (QED) is 0.861. The summed E-state index contributed by atoms with van der Waals surface area (Å²) >= 11 is 0. The maximum absolute atomic E-state index is 12.3. The molecule has 0 aliphatic heterocycles. The first-order valence-corrected chi connectivity index (χ1v) is 9.22. The predicted octanol–water partition coefficient (Wildman–Crippen LogP) is 4.67. The second-order valence-electron chi connectivity index (χ2n) is 7.09. The molecule has 0 bridgehead atoms. The maximum atomic E-state index is 12.3. The molecule has 0 spiro atoms. The molecule has 1 N–H and O–H groups in total. The van der Waals surface area contributed by atoms with Gasteiger partial charge in [-0.2, -0.15) is 0 Å². The minimum absolute atomic E-state index is 0.0335. The molecular formula is C22H27NO2. The molecule has 3 unspecified atom stereocenters. The number of carbonyl (C=O) groups is 1. The largest absolute Gasteiger partial charge is 0.483 e. The standard InChI is InChI=1S/C22H27NO2/c1-16-9-8-13-20(17(16)2)23-22(24)15-25-21-14-7-6-12-19(21)18-10-4-3-5-11-18/h3-7,10-12,14,16-17,20H,8-9,13,15H2,1-2H3,(H,23,24). The second kappa shape index (κ2) is 8.19. The highest BCUT2D eigenvalue weighted by atomic mass is 16.5. The van der Waals surface area contributed by atoms with Crippen molar-refractivity contribution >= 4 is 5.91 Å². The Morgan fingerprint density at radius 1 is 1.04 bits per heavy atom. The van der Waals surface area contributed by atoms with Crippen LogP contribution in [0.15, 0.2) is 54.6 Å². The Morgan fingerprint density at radius 2 is 1.76 bits per heavy atom. The van der Waals surface area contributed by atoms with E-state index < -0.39 is 0 Å². The lowest BCUT2D eigenvalue weighted by Gasteiger charge is -2.34. The van der Waals surface area contributed by atoms with Crippen LogP contribution in [-0.4, -0.2) is 18.6 Å². The normalized spacial score (nSPS) is 23.0. The van der Waals surface area contributed by atoms with Gasteiger partial charge in [-0.3, -0.25) is 4.79 Å². The molecule has 132 valence electrons. The maximum Gasteiger partial charge on any atom is 0.258 e. The fourth-order valence-corrected chi connectivity index (χ4v) is 3.63. The summed E-state index contributed by atoms with van der Waals surface area (Å²) in [7, 11) is 0. The van der Waals surface area contributed by atoms with Crippen LogP contribution in [0.4, 0.5) is 0 Å². The molecule has 3 heteroatoms. The van der Waals surface area contributed by atoms with Crippen molar-refractivity contribution in [3.8, 4) is 16.9 Å². The predicted molar refractivity (Wildman–Crippen MR) is 101 cm³/mol. The zero-order valence-corrected chi connectivity index (χ0v) is 15.1. The number of benzene rings is 2. The number of carbonyl (C=O) groups excluding carboxylic acids is 1. The van der Waals surface area contributed by atoms with Crippen LogP contribution < -0.4 is 10.1 Å². The van der Waals surface area contributed by atoms with Crippen LogP contribution in [0.25, 0.3) is 11.1 Å². The monoisotopic (exact) mass is 337 g/mol. The van der Waals surface area contributed by atoms with Crippen molar-refractivity contribution < 1.29 is 9.53 Å². The van der Waals surface area contributed by atoms with E-state index in [0.717, 1.165) is 23.3 Å². The van der Waals surface area contributed by atoms with E-state index in [9.17, 15) is 4.79 Å². The SMILES string of the molecule is CC1CCCC(NC(=O)COc2ccccc2-c2ccccc2)C1C. The van der Waals surface area contributed by atoms with Crippen LogP contribution in [0, 0.1) is 11.8 Å². The van der Waals surface area contributed by atoms with Gasteiger partial charge in [-0.15, -0.1) is 0 Å². The average molecular weight is 337 g/mol. The van der Waals surface area contributed by atoms with Crippen molar-refractivity contribution in [2.45, 2.75) is 39.2 Å². The Bertz CT molecular complexity index is 698. The Kier molecular flexibility index (Phi) is 5.75. The van der Waals surface area contributed by atoms with Gasteiger partial charge in [0.05, 0.1) is 0 Å². The number of ether oxygens (including phenoxy) is 1. The first-order chi connectivity index (χ1) is 12.1. The molecule has 1 amide bonds. The van der Waals surface area contributed by atoms with Crippen LogP contribution in [0.3, 0.4) is 0 Å². The Labute approximate surface area is 150 Å². The van der Waals surface area contributed by atoms with Gasteiger partial charge in [-0.05, 0) is 29.9 Å². The van der Waals surface area contributed by atoms with Gasteiger partial charge in [-0.1, -0.05) is 75.2 Å². The van der Waals surface area contributed by atoms with Crippen molar-refractivity contribution in [3.63, 3.8) is 0 Å². The zero-order valence-electron chi connectivity index (χ0n) is 15.1. The molecule has 3 rings (SSSR count). The van der Waals surface area contributed by atoms with E-state index in [1.807, 2.05) is 54.6 Å². The molecular weight excluding hydrogens is 310 g/mol. The highest BCUT2D eigenvalue weighted by Crippen LogP contribution is 2.30. The van der Waals surface area contributed by atoms with E-state index in [0.29, 0.717) is 11.8 Å². The van der Waals surface area contributed by atoms with E-state index in [4.69, 9.17) is 4.74 Å². The van der Waals surface area contributed by atoms with Gasteiger partial charge in [0.25, 0.3) is 5.91 Å². The van der Waals surface area contributed by atoms with Crippen LogP contribution >= 0.6 is 0 Å². The fourth-order valence-electron chi connectivity index (χ4n) is 3.63. The first kappa shape index (κ1) is 17.5. The topological polar surface area (TPSA) is 38.3 Å². The Hall–Kier alpha value is -2.29. The summed E-state index contributed by atoms with van der Waals surface area (Å²) in [4.78, 5) is 12.3. The molecule has 25 heavy (non-hydrogen) atoms.